The molecular weight excluding hydrogens is 336 g/mol. The zero-order valence-corrected chi connectivity index (χ0v) is 14.6. The van der Waals surface area contributed by atoms with Crippen molar-refractivity contribution in [2.45, 2.75) is 26.2 Å². The summed E-state index contributed by atoms with van der Waals surface area (Å²) in [7, 11) is 1.71. The average Bonchev–Trinajstić information content (AvgIpc) is 3.28. The molecule has 0 saturated heterocycles. The zero-order chi connectivity index (χ0) is 18.4. The second-order valence-corrected chi connectivity index (χ2v) is 6.34. The highest BCUT2D eigenvalue weighted by molar-refractivity contribution is 6.06. The summed E-state index contributed by atoms with van der Waals surface area (Å²) in [4.78, 5) is 24.8. The van der Waals surface area contributed by atoms with Crippen molar-refractivity contribution < 1.29 is 18.4 Å². The lowest BCUT2D eigenvalue weighted by atomic mass is 9.91. The number of carbonyl (C=O) groups excluding carboxylic acids is 2. The maximum absolute atomic E-state index is 12.7. The highest BCUT2D eigenvalue weighted by Gasteiger charge is 2.35. The molecule has 2 amide bonds. The Kier molecular flexibility index (Phi) is 3.68. The fourth-order valence-corrected chi connectivity index (χ4v) is 3.35. The van der Waals surface area contributed by atoms with Crippen LogP contribution in [0.5, 0.6) is 0 Å². The number of nitrogens with zero attached hydrogens (tertiary/aromatic N) is 2. The Balaban J connectivity index is 1.74. The Labute approximate surface area is 149 Å². The van der Waals surface area contributed by atoms with E-state index in [-0.39, 0.29) is 24.2 Å². The van der Waals surface area contributed by atoms with E-state index in [1.807, 2.05) is 6.07 Å². The number of rotatable bonds is 3. The monoisotopic (exact) mass is 354 g/mol. The zero-order valence-electron chi connectivity index (χ0n) is 14.6. The molecule has 8 heteroatoms. The van der Waals surface area contributed by atoms with Crippen molar-refractivity contribution in [3.8, 4) is 0 Å². The number of hydrogen-bond donors (Lipinski definition) is 2. The average molecular weight is 354 g/mol. The van der Waals surface area contributed by atoms with Gasteiger partial charge in [-0.05, 0) is 32.0 Å². The van der Waals surface area contributed by atoms with Crippen LogP contribution in [0.3, 0.4) is 0 Å². The minimum Gasteiger partial charge on any atom is -0.469 e. The van der Waals surface area contributed by atoms with Crippen molar-refractivity contribution in [3.05, 3.63) is 52.9 Å². The van der Waals surface area contributed by atoms with Gasteiger partial charge in [0.05, 0.1) is 23.3 Å². The molecule has 3 aromatic heterocycles. The SMILES string of the molecule is Cc1cc(C(=O)Nc2nn(C)c3c2C(c2ccco2)CC(=O)N3)c(C)o1. The Morgan fingerprint density at radius 3 is 2.88 bits per heavy atom. The van der Waals surface area contributed by atoms with E-state index in [1.165, 1.54) is 0 Å². The van der Waals surface area contributed by atoms with Crippen LogP contribution in [0.1, 0.15) is 45.5 Å². The fraction of sp³-hybridized carbons (Fsp3) is 0.278. The number of carbonyl (C=O) groups is 2. The van der Waals surface area contributed by atoms with Crippen LogP contribution in [-0.2, 0) is 11.8 Å². The smallest absolute Gasteiger partial charge is 0.260 e. The van der Waals surface area contributed by atoms with Gasteiger partial charge in [0, 0.05) is 13.5 Å². The van der Waals surface area contributed by atoms with E-state index in [9.17, 15) is 9.59 Å². The van der Waals surface area contributed by atoms with E-state index in [0.717, 1.165) is 5.56 Å². The van der Waals surface area contributed by atoms with Crippen LogP contribution in [-0.4, -0.2) is 21.6 Å². The van der Waals surface area contributed by atoms with Crippen molar-refractivity contribution in [1.29, 1.82) is 0 Å². The summed E-state index contributed by atoms with van der Waals surface area (Å²) in [5.41, 5.74) is 1.18. The summed E-state index contributed by atoms with van der Waals surface area (Å²) in [5.74, 6) is 2.06. The largest absolute Gasteiger partial charge is 0.469 e. The van der Waals surface area contributed by atoms with Crippen molar-refractivity contribution in [2.24, 2.45) is 7.05 Å². The third kappa shape index (κ3) is 2.59. The van der Waals surface area contributed by atoms with Crippen LogP contribution >= 0.6 is 0 Å². The second kappa shape index (κ2) is 5.91. The van der Waals surface area contributed by atoms with E-state index in [4.69, 9.17) is 8.83 Å². The Morgan fingerprint density at radius 2 is 2.23 bits per heavy atom. The molecule has 0 aromatic carbocycles. The summed E-state index contributed by atoms with van der Waals surface area (Å²) >= 11 is 0. The van der Waals surface area contributed by atoms with Gasteiger partial charge in [0.2, 0.25) is 5.91 Å². The normalized spacial score (nSPS) is 16.3. The molecule has 8 nitrogen and oxygen atoms in total. The number of hydrogen-bond acceptors (Lipinski definition) is 5. The predicted molar refractivity (Wildman–Crippen MR) is 93.1 cm³/mol. The molecule has 1 unspecified atom stereocenters. The van der Waals surface area contributed by atoms with Crippen LogP contribution in [0.4, 0.5) is 11.6 Å². The lowest BCUT2D eigenvalue weighted by molar-refractivity contribution is -0.116. The number of furan rings is 2. The van der Waals surface area contributed by atoms with E-state index < -0.39 is 0 Å². The highest BCUT2D eigenvalue weighted by atomic mass is 16.3. The number of aromatic nitrogens is 2. The molecule has 1 atom stereocenters. The first kappa shape index (κ1) is 16.2. The van der Waals surface area contributed by atoms with Gasteiger partial charge in [-0.25, -0.2) is 0 Å². The van der Waals surface area contributed by atoms with Gasteiger partial charge < -0.3 is 19.5 Å². The predicted octanol–water partition coefficient (Wildman–Crippen LogP) is 2.95. The summed E-state index contributed by atoms with van der Waals surface area (Å²) in [6.07, 6.45) is 1.78. The molecule has 0 aliphatic carbocycles. The molecule has 0 saturated carbocycles. The Hall–Kier alpha value is -3.29. The summed E-state index contributed by atoms with van der Waals surface area (Å²) in [6.45, 7) is 3.52. The van der Waals surface area contributed by atoms with Gasteiger partial charge >= 0.3 is 0 Å². The lowest BCUT2D eigenvalue weighted by Gasteiger charge is -2.22. The number of aryl methyl sites for hydroxylation is 3. The maximum atomic E-state index is 12.7. The van der Waals surface area contributed by atoms with Crippen LogP contribution in [0.15, 0.2) is 33.3 Å². The first-order valence-corrected chi connectivity index (χ1v) is 8.22. The molecule has 2 N–H and O–H groups in total. The van der Waals surface area contributed by atoms with Crippen LogP contribution < -0.4 is 10.6 Å². The highest BCUT2D eigenvalue weighted by Crippen LogP contribution is 2.41. The first-order valence-electron chi connectivity index (χ1n) is 8.22. The Bertz CT molecular complexity index is 997. The van der Waals surface area contributed by atoms with E-state index in [1.54, 1.807) is 44.0 Å². The fourth-order valence-electron chi connectivity index (χ4n) is 3.35. The van der Waals surface area contributed by atoms with Gasteiger partial charge in [0.15, 0.2) is 5.82 Å². The molecule has 0 spiro atoms. The molecule has 1 aliphatic rings. The molecule has 4 heterocycles. The summed E-state index contributed by atoms with van der Waals surface area (Å²) in [6, 6.07) is 5.27. The maximum Gasteiger partial charge on any atom is 0.260 e. The molecule has 3 aromatic rings. The molecule has 0 bridgehead atoms. The third-order valence-corrected chi connectivity index (χ3v) is 4.48. The standard InChI is InChI=1S/C18H18N4O4/c1-9-7-11(10(2)26-9)18(24)20-16-15-12(13-5-4-6-25-13)8-14(23)19-17(15)22(3)21-16/h4-7,12H,8H2,1-3H3,(H,19,23)(H,20,21,24). The van der Waals surface area contributed by atoms with Gasteiger partial charge in [-0.2, -0.15) is 5.10 Å². The van der Waals surface area contributed by atoms with Gasteiger partial charge in [-0.1, -0.05) is 0 Å². The lowest BCUT2D eigenvalue weighted by Crippen LogP contribution is -2.25. The van der Waals surface area contributed by atoms with Crippen molar-refractivity contribution in [3.63, 3.8) is 0 Å². The number of anilines is 2. The molecule has 0 fully saturated rings. The first-order chi connectivity index (χ1) is 12.4. The van der Waals surface area contributed by atoms with Crippen molar-refractivity contribution in [1.82, 2.24) is 9.78 Å². The topological polar surface area (TPSA) is 102 Å². The molecule has 0 radical (unpaired) electrons. The van der Waals surface area contributed by atoms with Crippen LogP contribution in [0.2, 0.25) is 0 Å². The molecule has 4 rings (SSSR count). The quantitative estimate of drug-likeness (QED) is 0.753. The number of nitrogens with one attached hydrogen (secondary N) is 2. The minimum atomic E-state index is -0.315. The number of amides is 2. The third-order valence-electron chi connectivity index (χ3n) is 4.48. The minimum absolute atomic E-state index is 0.124. The van der Waals surface area contributed by atoms with Crippen molar-refractivity contribution >= 4 is 23.5 Å². The van der Waals surface area contributed by atoms with Gasteiger partial charge in [0.1, 0.15) is 23.1 Å². The van der Waals surface area contributed by atoms with Crippen molar-refractivity contribution in [2.75, 3.05) is 10.6 Å². The van der Waals surface area contributed by atoms with Crippen LogP contribution in [0, 0.1) is 13.8 Å². The summed E-state index contributed by atoms with van der Waals surface area (Å²) in [5, 5.41) is 10.0. The van der Waals surface area contributed by atoms with Gasteiger partial charge in [-0.3, -0.25) is 14.3 Å². The molecule has 134 valence electrons. The van der Waals surface area contributed by atoms with E-state index in [2.05, 4.69) is 15.7 Å². The van der Waals surface area contributed by atoms with Gasteiger partial charge in [-0.15, -0.1) is 0 Å². The van der Waals surface area contributed by atoms with E-state index in [0.29, 0.717) is 34.5 Å². The number of fused-ring (bicyclic) bond motifs is 1. The van der Waals surface area contributed by atoms with E-state index >= 15 is 0 Å². The van der Waals surface area contributed by atoms with Gasteiger partial charge in [0.25, 0.3) is 5.91 Å². The molecular formula is C18H18N4O4. The second-order valence-electron chi connectivity index (χ2n) is 6.34. The molecule has 26 heavy (non-hydrogen) atoms. The van der Waals surface area contributed by atoms with Crippen LogP contribution in [0.25, 0.3) is 0 Å². The Morgan fingerprint density at radius 1 is 1.42 bits per heavy atom. The molecule has 1 aliphatic heterocycles. The summed E-state index contributed by atoms with van der Waals surface area (Å²) < 4.78 is 12.5.